The summed E-state index contributed by atoms with van der Waals surface area (Å²) in [4.78, 5) is 18.7. The van der Waals surface area contributed by atoms with Gasteiger partial charge in [0.15, 0.2) is 10.9 Å². The largest absolute Gasteiger partial charge is 0.340 e. The smallest absolute Gasteiger partial charge is 0.165 e. The van der Waals surface area contributed by atoms with Gasteiger partial charge in [-0.05, 0) is 24.3 Å². The zero-order valence-electron chi connectivity index (χ0n) is 9.02. The van der Waals surface area contributed by atoms with Crippen molar-refractivity contribution in [1.29, 1.82) is 0 Å². The van der Waals surface area contributed by atoms with Crippen molar-refractivity contribution in [2.24, 2.45) is 0 Å². The Morgan fingerprint density at radius 1 is 1.35 bits per heavy atom. The maximum absolute atomic E-state index is 12.7. The molecule has 1 aromatic carbocycles. The fourth-order valence-electron chi connectivity index (χ4n) is 1.35. The molecular weight excluding hydrogens is 239 g/mol. The van der Waals surface area contributed by atoms with Crippen LogP contribution in [-0.4, -0.2) is 21.5 Å². The molecule has 88 valence electrons. The monoisotopic (exact) mass is 250 g/mol. The second kappa shape index (κ2) is 5.63. The molecule has 2 aromatic rings. The van der Waals surface area contributed by atoms with Crippen molar-refractivity contribution in [3.63, 3.8) is 0 Å². The number of hydrogen-bond donors (Lipinski definition) is 1. The molecule has 0 bridgehead atoms. The maximum Gasteiger partial charge on any atom is 0.165 e. The first-order valence-electron chi connectivity index (χ1n) is 5.16. The summed E-state index contributed by atoms with van der Waals surface area (Å²) in [5, 5.41) is 0.803. The van der Waals surface area contributed by atoms with Gasteiger partial charge >= 0.3 is 0 Å². The lowest BCUT2D eigenvalue weighted by Crippen LogP contribution is -2.00. The summed E-state index contributed by atoms with van der Waals surface area (Å²) >= 11 is 1.49. The van der Waals surface area contributed by atoms with Gasteiger partial charge in [0.1, 0.15) is 5.82 Å². The zero-order valence-corrected chi connectivity index (χ0v) is 9.84. The number of ketones is 1. The first kappa shape index (κ1) is 11.9. The van der Waals surface area contributed by atoms with Crippen LogP contribution < -0.4 is 0 Å². The number of rotatable bonds is 5. The lowest BCUT2D eigenvalue weighted by molar-refractivity contribution is 0.0989. The fraction of sp³-hybridized carbons (Fsp3) is 0.167. The van der Waals surface area contributed by atoms with E-state index in [1.165, 1.54) is 36.0 Å². The van der Waals surface area contributed by atoms with Crippen LogP contribution in [0.1, 0.15) is 16.8 Å². The third-order valence-electron chi connectivity index (χ3n) is 2.21. The summed E-state index contributed by atoms with van der Waals surface area (Å²) in [6.07, 6.45) is 3.82. The van der Waals surface area contributed by atoms with Gasteiger partial charge in [-0.15, -0.1) is 0 Å². The van der Waals surface area contributed by atoms with Crippen LogP contribution >= 0.6 is 11.8 Å². The number of imidazole rings is 1. The molecule has 0 atom stereocenters. The molecule has 0 amide bonds. The molecule has 2 rings (SSSR count). The van der Waals surface area contributed by atoms with E-state index in [1.54, 1.807) is 12.4 Å². The third-order valence-corrected chi connectivity index (χ3v) is 3.11. The van der Waals surface area contributed by atoms with Crippen molar-refractivity contribution < 1.29 is 9.18 Å². The highest BCUT2D eigenvalue weighted by Gasteiger charge is 2.06. The summed E-state index contributed by atoms with van der Waals surface area (Å²) in [5.74, 6) is 0.347. The van der Waals surface area contributed by atoms with Crippen molar-refractivity contribution in [2.75, 3.05) is 5.75 Å². The van der Waals surface area contributed by atoms with Gasteiger partial charge in [0.25, 0.3) is 0 Å². The highest BCUT2D eigenvalue weighted by Crippen LogP contribution is 2.14. The number of aromatic amines is 1. The van der Waals surface area contributed by atoms with Crippen LogP contribution in [0.3, 0.4) is 0 Å². The number of carbonyl (C=O) groups is 1. The summed E-state index contributed by atoms with van der Waals surface area (Å²) in [6, 6.07) is 5.62. The molecule has 0 spiro atoms. The van der Waals surface area contributed by atoms with Crippen LogP contribution in [0.5, 0.6) is 0 Å². The average Bonchev–Trinajstić information content (AvgIpc) is 2.83. The van der Waals surface area contributed by atoms with Crippen LogP contribution in [0.25, 0.3) is 0 Å². The van der Waals surface area contributed by atoms with Gasteiger partial charge in [-0.1, -0.05) is 11.8 Å². The van der Waals surface area contributed by atoms with Gasteiger partial charge in [0.05, 0.1) is 0 Å². The Kier molecular flexibility index (Phi) is 3.93. The molecule has 0 aliphatic rings. The molecule has 17 heavy (non-hydrogen) atoms. The highest BCUT2D eigenvalue weighted by atomic mass is 32.2. The second-order valence-corrected chi connectivity index (χ2v) is 4.51. The number of hydrogen-bond acceptors (Lipinski definition) is 3. The Bertz CT molecular complexity index is 482. The molecule has 1 heterocycles. The normalized spacial score (nSPS) is 10.4. The molecule has 0 fully saturated rings. The number of carbonyl (C=O) groups excluding carboxylic acids is 1. The Labute approximate surface area is 102 Å². The standard InChI is InChI=1S/C12H11FN2OS/c13-10-3-1-9(2-4-10)11(16)5-8-17-12-14-6-7-15-12/h1-4,6-7H,5,8H2,(H,14,15). The Balaban J connectivity index is 1.83. The summed E-state index contributed by atoms with van der Waals surface area (Å²) in [6.45, 7) is 0. The highest BCUT2D eigenvalue weighted by molar-refractivity contribution is 7.99. The van der Waals surface area contributed by atoms with Crippen molar-refractivity contribution in [3.8, 4) is 0 Å². The topological polar surface area (TPSA) is 45.8 Å². The number of H-pyrrole nitrogens is 1. The third kappa shape index (κ3) is 3.42. The van der Waals surface area contributed by atoms with E-state index in [0.29, 0.717) is 17.7 Å². The van der Waals surface area contributed by atoms with E-state index >= 15 is 0 Å². The van der Waals surface area contributed by atoms with Crippen molar-refractivity contribution in [3.05, 3.63) is 48.0 Å². The van der Waals surface area contributed by atoms with Gasteiger partial charge in [0.2, 0.25) is 0 Å². The van der Waals surface area contributed by atoms with Crippen LogP contribution in [-0.2, 0) is 0 Å². The number of aromatic nitrogens is 2. The lowest BCUT2D eigenvalue weighted by Gasteiger charge is -2.00. The number of Topliss-reactive ketones (excluding diaryl/α,β-unsaturated/α-hetero) is 1. The first-order valence-corrected chi connectivity index (χ1v) is 6.15. The van der Waals surface area contributed by atoms with Crippen LogP contribution in [0, 0.1) is 5.82 Å². The van der Waals surface area contributed by atoms with E-state index in [9.17, 15) is 9.18 Å². The summed E-state index contributed by atoms with van der Waals surface area (Å²) < 4.78 is 12.7. The van der Waals surface area contributed by atoms with E-state index in [-0.39, 0.29) is 11.6 Å². The van der Waals surface area contributed by atoms with Crippen molar-refractivity contribution >= 4 is 17.5 Å². The predicted octanol–water partition coefficient (Wildman–Crippen LogP) is 2.91. The molecule has 1 aromatic heterocycles. The Hall–Kier alpha value is -1.62. The number of halogens is 1. The summed E-state index contributed by atoms with van der Waals surface area (Å²) in [7, 11) is 0. The minimum Gasteiger partial charge on any atom is -0.340 e. The van der Waals surface area contributed by atoms with Crippen LogP contribution in [0.2, 0.25) is 0 Å². The van der Waals surface area contributed by atoms with E-state index in [2.05, 4.69) is 9.97 Å². The molecule has 0 radical (unpaired) electrons. The molecule has 3 nitrogen and oxygen atoms in total. The van der Waals surface area contributed by atoms with Crippen LogP contribution in [0.15, 0.2) is 41.8 Å². The fourth-order valence-corrected chi connectivity index (χ4v) is 2.12. The van der Waals surface area contributed by atoms with E-state index in [1.807, 2.05) is 0 Å². The number of nitrogens with one attached hydrogen (secondary N) is 1. The molecule has 0 saturated carbocycles. The Morgan fingerprint density at radius 3 is 2.76 bits per heavy atom. The molecule has 1 N–H and O–H groups in total. The number of benzene rings is 1. The van der Waals surface area contributed by atoms with E-state index < -0.39 is 0 Å². The quantitative estimate of drug-likeness (QED) is 0.655. The molecule has 0 saturated heterocycles. The van der Waals surface area contributed by atoms with Crippen molar-refractivity contribution in [2.45, 2.75) is 11.6 Å². The predicted molar refractivity (Wildman–Crippen MR) is 64.7 cm³/mol. The molecular formula is C12H11FN2OS. The van der Waals surface area contributed by atoms with Gasteiger partial charge < -0.3 is 4.98 Å². The van der Waals surface area contributed by atoms with Gasteiger partial charge in [-0.25, -0.2) is 9.37 Å². The lowest BCUT2D eigenvalue weighted by atomic mass is 10.1. The summed E-state index contributed by atoms with van der Waals surface area (Å²) in [5.41, 5.74) is 0.548. The van der Waals surface area contributed by atoms with Crippen molar-refractivity contribution in [1.82, 2.24) is 9.97 Å². The SMILES string of the molecule is O=C(CCSc1ncc[nH]1)c1ccc(F)cc1. The maximum atomic E-state index is 12.7. The number of thioether (sulfide) groups is 1. The molecule has 0 aliphatic carbocycles. The molecule has 0 unspecified atom stereocenters. The Morgan fingerprint density at radius 2 is 2.12 bits per heavy atom. The van der Waals surface area contributed by atoms with E-state index in [4.69, 9.17) is 0 Å². The molecule has 5 heteroatoms. The van der Waals surface area contributed by atoms with Gasteiger partial charge in [0, 0.05) is 30.1 Å². The second-order valence-electron chi connectivity index (χ2n) is 3.42. The molecule has 0 aliphatic heterocycles. The van der Waals surface area contributed by atoms with Gasteiger partial charge in [-0.2, -0.15) is 0 Å². The van der Waals surface area contributed by atoms with E-state index in [0.717, 1.165) is 5.16 Å². The minimum absolute atomic E-state index is 0.0176. The zero-order chi connectivity index (χ0) is 12.1. The van der Waals surface area contributed by atoms with Crippen LogP contribution in [0.4, 0.5) is 4.39 Å². The number of nitrogens with zero attached hydrogens (tertiary/aromatic N) is 1. The first-order chi connectivity index (χ1) is 8.25. The van der Waals surface area contributed by atoms with Gasteiger partial charge in [-0.3, -0.25) is 4.79 Å². The minimum atomic E-state index is -0.327. The average molecular weight is 250 g/mol.